The maximum absolute atomic E-state index is 12.6. The quantitative estimate of drug-likeness (QED) is 0.511. The normalized spacial score (nSPS) is 10.5. The number of anilines is 1. The summed E-state index contributed by atoms with van der Waals surface area (Å²) in [6, 6.07) is 15.7. The van der Waals surface area contributed by atoms with Crippen LogP contribution in [0.15, 0.2) is 67.0 Å². The lowest BCUT2D eigenvalue weighted by Gasteiger charge is -2.05. The number of amides is 1. The molecule has 2 N–H and O–H groups in total. The van der Waals surface area contributed by atoms with Gasteiger partial charge in [-0.2, -0.15) is 9.97 Å². The van der Waals surface area contributed by atoms with Gasteiger partial charge in [0.15, 0.2) is 11.6 Å². The van der Waals surface area contributed by atoms with Crippen molar-refractivity contribution in [3.63, 3.8) is 0 Å². The second-order valence-electron chi connectivity index (χ2n) is 6.20. The Hall–Kier alpha value is -4.20. The van der Waals surface area contributed by atoms with Gasteiger partial charge in [-0.05, 0) is 25.1 Å². The van der Waals surface area contributed by atoms with E-state index in [1.807, 2.05) is 12.1 Å². The number of pyridine rings is 1. The number of nitrogens with one attached hydrogen (secondary N) is 2. The molecule has 0 saturated carbocycles. The van der Waals surface area contributed by atoms with Crippen LogP contribution in [0.3, 0.4) is 0 Å². The van der Waals surface area contributed by atoms with Gasteiger partial charge in [-0.1, -0.05) is 36.4 Å². The van der Waals surface area contributed by atoms with Crippen molar-refractivity contribution < 1.29 is 9.59 Å². The molecule has 8 nitrogen and oxygen atoms in total. The van der Waals surface area contributed by atoms with Crippen molar-refractivity contribution in [2.75, 3.05) is 5.32 Å². The summed E-state index contributed by atoms with van der Waals surface area (Å²) in [6.45, 7) is 1.70. The molecular weight excluding hydrogens is 368 g/mol. The summed E-state index contributed by atoms with van der Waals surface area (Å²) in [7, 11) is 0. The molecule has 0 aliphatic rings. The van der Waals surface area contributed by atoms with Crippen LogP contribution in [0.4, 0.5) is 5.95 Å². The Morgan fingerprint density at radius 3 is 2.48 bits per heavy atom. The number of hydrogen-bond donors (Lipinski definition) is 2. The van der Waals surface area contributed by atoms with E-state index < -0.39 is 5.91 Å². The molecule has 3 aromatic heterocycles. The van der Waals surface area contributed by atoms with Crippen LogP contribution >= 0.6 is 0 Å². The van der Waals surface area contributed by atoms with Crippen molar-refractivity contribution in [3.05, 3.63) is 89.6 Å². The minimum absolute atomic E-state index is 0.105. The summed E-state index contributed by atoms with van der Waals surface area (Å²) < 4.78 is 0. The van der Waals surface area contributed by atoms with E-state index in [0.717, 1.165) is 0 Å². The molecule has 1 aromatic carbocycles. The monoisotopic (exact) mass is 384 g/mol. The molecule has 0 bridgehead atoms. The van der Waals surface area contributed by atoms with Gasteiger partial charge in [0, 0.05) is 23.5 Å². The molecule has 1 amide bonds. The van der Waals surface area contributed by atoms with Gasteiger partial charge >= 0.3 is 0 Å². The molecule has 0 atom stereocenters. The van der Waals surface area contributed by atoms with E-state index in [2.05, 4.69) is 30.2 Å². The molecule has 0 aliphatic carbocycles. The predicted octanol–water partition coefficient (Wildman–Crippen LogP) is 3.05. The van der Waals surface area contributed by atoms with Crippen LogP contribution in [0.1, 0.15) is 32.2 Å². The Kier molecular flexibility index (Phi) is 4.90. The van der Waals surface area contributed by atoms with E-state index in [1.54, 1.807) is 49.5 Å². The highest BCUT2D eigenvalue weighted by molar-refractivity contribution is 6.11. The van der Waals surface area contributed by atoms with E-state index in [4.69, 9.17) is 0 Å². The summed E-state index contributed by atoms with van der Waals surface area (Å²) >= 11 is 0. The van der Waals surface area contributed by atoms with Gasteiger partial charge in [0.2, 0.25) is 5.95 Å². The summed E-state index contributed by atoms with van der Waals surface area (Å²) in [5, 5.41) is 2.63. The van der Waals surface area contributed by atoms with Crippen molar-refractivity contribution in [2.24, 2.45) is 0 Å². The largest absolute Gasteiger partial charge is 0.356 e. The first-order chi connectivity index (χ1) is 14.1. The molecule has 0 saturated heterocycles. The van der Waals surface area contributed by atoms with Crippen molar-refractivity contribution in [1.29, 1.82) is 0 Å². The van der Waals surface area contributed by atoms with E-state index in [-0.39, 0.29) is 17.4 Å². The number of H-pyrrole nitrogens is 1. The lowest BCUT2D eigenvalue weighted by Crippen LogP contribution is -2.16. The molecular formula is C21H16N6O2. The van der Waals surface area contributed by atoms with Gasteiger partial charge in [-0.25, -0.2) is 4.98 Å². The first-order valence-corrected chi connectivity index (χ1v) is 8.84. The molecule has 142 valence electrons. The SMILES string of the molecule is Cc1nc(NC(=O)c2cc(C(=O)c3ccccc3)c[nH]2)nc(-c2ccccn2)n1. The average molecular weight is 384 g/mol. The van der Waals surface area contributed by atoms with Crippen LogP contribution in [0.25, 0.3) is 11.5 Å². The standard InChI is InChI=1S/C21H16N6O2/c1-13-24-19(16-9-5-6-10-22-16)26-21(25-13)27-20(29)17-11-15(12-23-17)18(28)14-7-3-2-4-8-14/h2-12,23H,1H3,(H,24,25,26,27,29). The lowest BCUT2D eigenvalue weighted by molar-refractivity contribution is 0.102. The molecule has 8 heteroatoms. The van der Waals surface area contributed by atoms with Crippen LogP contribution in [0.2, 0.25) is 0 Å². The molecule has 0 radical (unpaired) electrons. The van der Waals surface area contributed by atoms with Gasteiger partial charge in [-0.15, -0.1) is 0 Å². The van der Waals surface area contributed by atoms with Crippen LogP contribution in [0, 0.1) is 6.92 Å². The third kappa shape index (κ3) is 4.06. The highest BCUT2D eigenvalue weighted by atomic mass is 16.2. The van der Waals surface area contributed by atoms with Crippen molar-refractivity contribution in [3.8, 4) is 11.5 Å². The zero-order valence-electron chi connectivity index (χ0n) is 15.5. The number of aromatic amines is 1. The summed E-state index contributed by atoms with van der Waals surface area (Å²) in [5.41, 5.74) is 1.74. The van der Waals surface area contributed by atoms with Crippen LogP contribution in [0.5, 0.6) is 0 Å². The van der Waals surface area contributed by atoms with Crippen molar-refractivity contribution in [1.82, 2.24) is 24.9 Å². The Morgan fingerprint density at radius 2 is 1.72 bits per heavy atom. The molecule has 0 fully saturated rings. The minimum Gasteiger partial charge on any atom is -0.356 e. The fourth-order valence-electron chi connectivity index (χ4n) is 2.73. The number of rotatable bonds is 5. The van der Waals surface area contributed by atoms with Gasteiger partial charge in [-0.3, -0.25) is 19.9 Å². The Morgan fingerprint density at radius 1 is 0.931 bits per heavy atom. The van der Waals surface area contributed by atoms with Crippen LogP contribution in [-0.4, -0.2) is 36.6 Å². The molecule has 0 unspecified atom stereocenters. The number of hydrogen-bond acceptors (Lipinski definition) is 6. The maximum atomic E-state index is 12.6. The fraction of sp³-hybridized carbons (Fsp3) is 0.0476. The summed E-state index contributed by atoms with van der Waals surface area (Å²) in [4.78, 5) is 44.8. The second-order valence-corrected chi connectivity index (χ2v) is 6.20. The minimum atomic E-state index is -0.463. The molecule has 4 rings (SSSR count). The van der Waals surface area contributed by atoms with E-state index in [1.165, 1.54) is 12.3 Å². The Bertz CT molecular complexity index is 1170. The number of carbonyl (C=O) groups is 2. The average Bonchev–Trinajstić information content (AvgIpc) is 3.24. The third-order valence-corrected chi connectivity index (χ3v) is 4.09. The van der Waals surface area contributed by atoms with Crippen molar-refractivity contribution >= 4 is 17.6 Å². The lowest BCUT2D eigenvalue weighted by atomic mass is 10.1. The Balaban J connectivity index is 1.54. The predicted molar refractivity (Wildman–Crippen MR) is 106 cm³/mol. The van der Waals surface area contributed by atoms with Gasteiger partial charge < -0.3 is 4.98 Å². The smallest absolute Gasteiger partial charge is 0.274 e. The number of benzene rings is 1. The summed E-state index contributed by atoms with van der Waals surface area (Å²) in [5.74, 6) is 0.278. The van der Waals surface area contributed by atoms with E-state index >= 15 is 0 Å². The topological polar surface area (TPSA) is 114 Å². The van der Waals surface area contributed by atoms with Crippen LogP contribution < -0.4 is 5.32 Å². The third-order valence-electron chi connectivity index (χ3n) is 4.09. The number of carbonyl (C=O) groups excluding carboxylic acids is 2. The van der Waals surface area contributed by atoms with Crippen molar-refractivity contribution in [2.45, 2.75) is 6.92 Å². The molecule has 0 spiro atoms. The molecule has 29 heavy (non-hydrogen) atoms. The van der Waals surface area contributed by atoms with Crippen LogP contribution in [-0.2, 0) is 0 Å². The maximum Gasteiger partial charge on any atom is 0.274 e. The number of nitrogens with zero attached hydrogens (tertiary/aromatic N) is 4. The zero-order chi connectivity index (χ0) is 20.2. The molecule has 3 heterocycles. The zero-order valence-corrected chi connectivity index (χ0v) is 15.5. The van der Waals surface area contributed by atoms with E-state index in [0.29, 0.717) is 28.5 Å². The second kappa shape index (κ2) is 7.81. The fourth-order valence-corrected chi connectivity index (χ4v) is 2.73. The van der Waals surface area contributed by atoms with Gasteiger partial charge in [0.1, 0.15) is 17.2 Å². The van der Waals surface area contributed by atoms with E-state index in [9.17, 15) is 9.59 Å². The number of aromatic nitrogens is 5. The highest BCUT2D eigenvalue weighted by Crippen LogP contribution is 2.15. The molecule has 0 aliphatic heterocycles. The summed E-state index contributed by atoms with van der Waals surface area (Å²) in [6.07, 6.45) is 3.14. The first kappa shape index (κ1) is 18.2. The molecule has 4 aromatic rings. The highest BCUT2D eigenvalue weighted by Gasteiger charge is 2.16. The number of aryl methyl sites for hydroxylation is 1. The first-order valence-electron chi connectivity index (χ1n) is 8.84. The van der Waals surface area contributed by atoms with Gasteiger partial charge in [0.05, 0.1) is 0 Å². The number of ketones is 1. The van der Waals surface area contributed by atoms with Gasteiger partial charge in [0.25, 0.3) is 5.91 Å². The Labute approximate surface area is 166 Å².